The number of anilines is 1. The standard InChI is InChI=1S/C21H19F2IN6O/c22-14-6-17(23)19-18(7-14)31-21(28-19)16-5-12(8-26-20(16)25)13-9-27-30(10-13)15-1-3-29(11-24)4-2-15/h5-10,15H,1-4,11H2,(H2,25,26). The number of fused-ring (bicyclic) bond motifs is 1. The van der Waals surface area contributed by atoms with Crippen molar-refractivity contribution in [2.24, 2.45) is 0 Å². The highest BCUT2D eigenvalue weighted by Crippen LogP contribution is 2.33. The Balaban J connectivity index is 1.46. The maximum Gasteiger partial charge on any atom is 0.231 e. The molecule has 0 amide bonds. The summed E-state index contributed by atoms with van der Waals surface area (Å²) in [4.78, 5) is 10.8. The Morgan fingerprint density at radius 1 is 1.13 bits per heavy atom. The molecule has 0 saturated carbocycles. The first kappa shape index (κ1) is 20.3. The van der Waals surface area contributed by atoms with Gasteiger partial charge in [-0.1, -0.05) is 22.6 Å². The van der Waals surface area contributed by atoms with Crippen molar-refractivity contribution in [1.82, 2.24) is 24.6 Å². The first-order chi connectivity index (χ1) is 15.0. The number of piperidine rings is 1. The summed E-state index contributed by atoms with van der Waals surface area (Å²) < 4.78 is 36.1. The quantitative estimate of drug-likeness (QED) is 0.232. The molecule has 4 aromatic rings. The number of hydrogen-bond acceptors (Lipinski definition) is 6. The van der Waals surface area contributed by atoms with Gasteiger partial charge in [-0.05, 0) is 18.9 Å². The number of nitrogens with zero attached hydrogens (tertiary/aromatic N) is 5. The monoisotopic (exact) mass is 536 g/mol. The highest BCUT2D eigenvalue weighted by Gasteiger charge is 2.21. The molecule has 3 aromatic heterocycles. The van der Waals surface area contributed by atoms with Crippen molar-refractivity contribution in [3.63, 3.8) is 0 Å². The minimum atomic E-state index is -0.789. The lowest BCUT2D eigenvalue weighted by Gasteiger charge is -2.30. The Hall–Kier alpha value is -2.60. The zero-order valence-corrected chi connectivity index (χ0v) is 18.6. The predicted octanol–water partition coefficient (Wildman–Crippen LogP) is 4.64. The van der Waals surface area contributed by atoms with Crippen molar-refractivity contribution in [1.29, 1.82) is 0 Å². The third-order valence-corrected chi connectivity index (χ3v) is 6.56. The SMILES string of the molecule is Nc1ncc(-c2cnn(C3CCN(CI)CC3)c2)cc1-c1nc2c(F)cc(F)cc2o1. The number of oxazole rings is 1. The molecule has 7 nitrogen and oxygen atoms in total. The normalized spacial score (nSPS) is 15.7. The van der Waals surface area contributed by atoms with Crippen LogP contribution in [0.1, 0.15) is 18.9 Å². The van der Waals surface area contributed by atoms with Crippen LogP contribution in [-0.4, -0.2) is 42.3 Å². The molecule has 31 heavy (non-hydrogen) atoms. The molecular weight excluding hydrogens is 517 g/mol. The van der Waals surface area contributed by atoms with Gasteiger partial charge in [-0.15, -0.1) is 0 Å². The predicted molar refractivity (Wildman–Crippen MR) is 122 cm³/mol. The van der Waals surface area contributed by atoms with Crippen LogP contribution in [-0.2, 0) is 0 Å². The van der Waals surface area contributed by atoms with E-state index in [4.69, 9.17) is 10.2 Å². The molecule has 0 unspecified atom stereocenters. The van der Waals surface area contributed by atoms with E-state index in [1.54, 1.807) is 18.5 Å². The van der Waals surface area contributed by atoms with E-state index in [1.807, 2.05) is 10.9 Å². The Bertz CT molecular complexity index is 1250. The Morgan fingerprint density at radius 3 is 2.71 bits per heavy atom. The third kappa shape index (κ3) is 3.89. The first-order valence-electron chi connectivity index (χ1n) is 9.86. The molecular formula is C21H19F2IN6O. The lowest BCUT2D eigenvalue weighted by atomic mass is 10.1. The van der Waals surface area contributed by atoms with Gasteiger partial charge in [-0.3, -0.25) is 9.58 Å². The molecule has 0 atom stereocenters. The smallest absolute Gasteiger partial charge is 0.231 e. The summed E-state index contributed by atoms with van der Waals surface area (Å²) in [6, 6.07) is 4.01. The van der Waals surface area contributed by atoms with Crippen LogP contribution in [0, 0.1) is 11.6 Å². The van der Waals surface area contributed by atoms with Gasteiger partial charge in [0.15, 0.2) is 11.4 Å². The number of nitrogen functional groups attached to an aromatic ring is 1. The second kappa shape index (κ2) is 8.15. The van der Waals surface area contributed by atoms with Gasteiger partial charge in [0.1, 0.15) is 17.2 Å². The second-order valence-electron chi connectivity index (χ2n) is 7.59. The maximum atomic E-state index is 14.0. The number of nitrogens with two attached hydrogens (primary N) is 1. The molecule has 10 heteroatoms. The lowest BCUT2D eigenvalue weighted by molar-refractivity contribution is 0.209. The van der Waals surface area contributed by atoms with Crippen LogP contribution in [0.15, 0.2) is 41.2 Å². The summed E-state index contributed by atoms with van der Waals surface area (Å²) in [6.45, 7) is 2.12. The third-order valence-electron chi connectivity index (χ3n) is 5.60. The summed E-state index contributed by atoms with van der Waals surface area (Å²) in [7, 11) is 0. The van der Waals surface area contributed by atoms with E-state index in [0.717, 1.165) is 53.7 Å². The topological polar surface area (TPSA) is 86.0 Å². The van der Waals surface area contributed by atoms with Crippen LogP contribution in [0.4, 0.5) is 14.6 Å². The zero-order valence-electron chi connectivity index (χ0n) is 16.4. The molecule has 0 aliphatic carbocycles. The molecule has 0 spiro atoms. The van der Waals surface area contributed by atoms with E-state index in [0.29, 0.717) is 11.6 Å². The molecule has 1 fully saturated rings. The van der Waals surface area contributed by atoms with Gasteiger partial charge < -0.3 is 10.2 Å². The average molecular weight is 536 g/mol. The molecule has 0 bridgehead atoms. The summed E-state index contributed by atoms with van der Waals surface area (Å²) in [5.41, 5.74) is 8.09. The fourth-order valence-corrected chi connectivity index (χ4v) is 4.55. The van der Waals surface area contributed by atoms with Crippen LogP contribution in [0.3, 0.4) is 0 Å². The maximum absolute atomic E-state index is 14.0. The van der Waals surface area contributed by atoms with Gasteiger partial charge in [0, 0.05) is 48.7 Å². The number of likely N-dealkylation sites (tertiary alicyclic amines) is 1. The fraction of sp³-hybridized carbons (Fsp3) is 0.286. The number of alkyl halides is 1. The molecule has 2 N–H and O–H groups in total. The minimum absolute atomic E-state index is 0.0166. The average Bonchev–Trinajstić information content (AvgIpc) is 3.42. The molecule has 1 aromatic carbocycles. The van der Waals surface area contributed by atoms with Crippen LogP contribution in [0.5, 0.6) is 0 Å². The molecule has 0 radical (unpaired) electrons. The van der Waals surface area contributed by atoms with Crippen LogP contribution < -0.4 is 5.73 Å². The van der Waals surface area contributed by atoms with Gasteiger partial charge in [0.25, 0.3) is 0 Å². The molecule has 5 rings (SSSR count). The first-order valence-corrected chi connectivity index (χ1v) is 11.4. The Labute approximate surface area is 190 Å². The number of halogens is 3. The van der Waals surface area contributed by atoms with Crippen LogP contribution in [0.2, 0.25) is 0 Å². The second-order valence-corrected chi connectivity index (χ2v) is 8.27. The van der Waals surface area contributed by atoms with Crippen molar-refractivity contribution in [3.8, 4) is 22.6 Å². The lowest BCUT2D eigenvalue weighted by Crippen LogP contribution is -2.33. The van der Waals surface area contributed by atoms with E-state index in [1.165, 1.54) is 0 Å². The molecule has 1 aliphatic rings. The molecule has 160 valence electrons. The molecule has 1 saturated heterocycles. The molecule has 1 aliphatic heterocycles. The van der Waals surface area contributed by atoms with E-state index in [-0.39, 0.29) is 22.8 Å². The van der Waals surface area contributed by atoms with Crippen molar-refractivity contribution >= 4 is 39.5 Å². The van der Waals surface area contributed by atoms with Gasteiger partial charge in [0.2, 0.25) is 5.89 Å². The van der Waals surface area contributed by atoms with Gasteiger partial charge in [-0.2, -0.15) is 5.10 Å². The van der Waals surface area contributed by atoms with Crippen molar-refractivity contribution in [2.45, 2.75) is 18.9 Å². The fourth-order valence-electron chi connectivity index (χ4n) is 3.87. The Morgan fingerprint density at radius 2 is 1.94 bits per heavy atom. The van der Waals surface area contributed by atoms with Crippen LogP contribution >= 0.6 is 22.6 Å². The van der Waals surface area contributed by atoms with Crippen molar-refractivity contribution in [3.05, 3.63) is 48.4 Å². The number of aromatic nitrogens is 4. The number of hydrogen-bond donors (Lipinski definition) is 1. The number of benzene rings is 1. The van der Waals surface area contributed by atoms with Gasteiger partial charge in [-0.25, -0.2) is 18.7 Å². The van der Waals surface area contributed by atoms with E-state index >= 15 is 0 Å². The van der Waals surface area contributed by atoms with E-state index < -0.39 is 11.6 Å². The minimum Gasteiger partial charge on any atom is -0.436 e. The summed E-state index contributed by atoms with van der Waals surface area (Å²) >= 11 is 2.39. The van der Waals surface area contributed by atoms with E-state index in [9.17, 15) is 8.78 Å². The van der Waals surface area contributed by atoms with Crippen molar-refractivity contribution in [2.75, 3.05) is 23.4 Å². The van der Waals surface area contributed by atoms with Crippen molar-refractivity contribution < 1.29 is 13.2 Å². The highest BCUT2D eigenvalue weighted by molar-refractivity contribution is 14.1. The number of rotatable bonds is 4. The number of pyridine rings is 1. The highest BCUT2D eigenvalue weighted by atomic mass is 127. The summed E-state index contributed by atoms with van der Waals surface area (Å²) in [5.74, 6) is -1.24. The Kier molecular flexibility index (Phi) is 5.34. The van der Waals surface area contributed by atoms with E-state index in [2.05, 4.69) is 42.6 Å². The van der Waals surface area contributed by atoms with Crippen LogP contribution in [0.25, 0.3) is 33.7 Å². The van der Waals surface area contributed by atoms with Gasteiger partial charge >= 0.3 is 0 Å². The summed E-state index contributed by atoms with van der Waals surface area (Å²) in [5, 5.41) is 4.55. The molecule has 4 heterocycles. The largest absolute Gasteiger partial charge is 0.436 e. The summed E-state index contributed by atoms with van der Waals surface area (Å²) in [6.07, 6.45) is 7.56. The zero-order chi connectivity index (χ0) is 21.5. The van der Waals surface area contributed by atoms with Gasteiger partial charge in [0.05, 0.1) is 22.4 Å².